The Kier molecular flexibility index (Phi) is 6.13. The van der Waals surface area contributed by atoms with Gasteiger partial charge in [-0.15, -0.1) is 17.9 Å². The summed E-state index contributed by atoms with van der Waals surface area (Å²) in [6.45, 7) is 7.85. The van der Waals surface area contributed by atoms with Crippen LogP contribution in [-0.2, 0) is 11.3 Å². The van der Waals surface area contributed by atoms with Gasteiger partial charge in [0.25, 0.3) is 5.56 Å². The molecule has 140 valence electrons. The average Bonchev–Trinajstić information content (AvgIpc) is 3.14. The van der Waals surface area contributed by atoms with Crippen LogP contribution < -0.4 is 10.9 Å². The Morgan fingerprint density at radius 2 is 2.07 bits per heavy atom. The Hall–Kier alpha value is -2.38. The molecule has 3 rings (SSSR count). The fourth-order valence-corrected chi connectivity index (χ4v) is 4.41. The topological polar surface area (TPSA) is 64.0 Å². The molecule has 2 atom stereocenters. The van der Waals surface area contributed by atoms with E-state index in [9.17, 15) is 9.59 Å². The zero-order valence-corrected chi connectivity index (χ0v) is 16.8. The molecule has 0 radical (unpaired) electrons. The van der Waals surface area contributed by atoms with Crippen molar-refractivity contribution < 1.29 is 4.79 Å². The molecule has 0 fully saturated rings. The van der Waals surface area contributed by atoms with Crippen LogP contribution >= 0.6 is 23.1 Å². The molecule has 5 nitrogen and oxygen atoms in total. The molecular formula is C20H21N3O2S2. The highest BCUT2D eigenvalue weighted by atomic mass is 32.2. The van der Waals surface area contributed by atoms with Crippen molar-refractivity contribution in [2.45, 2.75) is 36.8 Å². The molecule has 27 heavy (non-hydrogen) atoms. The zero-order valence-electron chi connectivity index (χ0n) is 15.2. The van der Waals surface area contributed by atoms with Crippen molar-refractivity contribution in [3.8, 4) is 0 Å². The summed E-state index contributed by atoms with van der Waals surface area (Å²) in [6, 6.07) is 11.5. The maximum atomic E-state index is 12.7. The molecule has 3 aromatic rings. The summed E-state index contributed by atoms with van der Waals surface area (Å²) in [5.41, 5.74) is 0.943. The van der Waals surface area contributed by atoms with E-state index in [1.807, 2.05) is 49.6 Å². The number of allylic oxidation sites excluding steroid dienone is 1. The number of fused-ring (bicyclic) bond motifs is 1. The number of carbonyl (C=O) groups is 1. The summed E-state index contributed by atoms with van der Waals surface area (Å²) in [7, 11) is 0. The van der Waals surface area contributed by atoms with Crippen LogP contribution in [-0.4, -0.2) is 20.7 Å². The molecule has 0 aliphatic carbocycles. The molecule has 0 bridgehead atoms. The van der Waals surface area contributed by atoms with E-state index in [0.717, 1.165) is 5.56 Å². The number of nitrogens with zero attached hydrogens (tertiary/aromatic N) is 2. The summed E-state index contributed by atoms with van der Waals surface area (Å²) in [4.78, 5) is 30.6. The molecule has 2 aromatic heterocycles. The monoisotopic (exact) mass is 399 g/mol. The normalized spacial score (nSPS) is 13.3. The molecule has 0 aliphatic heterocycles. The van der Waals surface area contributed by atoms with Crippen molar-refractivity contribution >= 4 is 39.2 Å². The lowest BCUT2D eigenvalue weighted by Gasteiger charge is -2.18. The van der Waals surface area contributed by atoms with Gasteiger partial charge in [0.15, 0.2) is 5.16 Å². The van der Waals surface area contributed by atoms with Gasteiger partial charge in [0.2, 0.25) is 5.91 Å². The number of nitrogens with one attached hydrogen (secondary N) is 1. The lowest BCUT2D eigenvalue weighted by atomic mass is 10.1. The van der Waals surface area contributed by atoms with Crippen LogP contribution in [0.2, 0.25) is 0 Å². The first-order valence-electron chi connectivity index (χ1n) is 8.62. The summed E-state index contributed by atoms with van der Waals surface area (Å²) < 4.78 is 1.57. The summed E-state index contributed by atoms with van der Waals surface area (Å²) in [6.07, 6.45) is 1.66. The highest BCUT2D eigenvalue weighted by molar-refractivity contribution is 8.00. The Balaban J connectivity index is 1.79. The van der Waals surface area contributed by atoms with Crippen LogP contribution in [0.4, 0.5) is 0 Å². The van der Waals surface area contributed by atoms with Gasteiger partial charge in [0.05, 0.1) is 16.7 Å². The van der Waals surface area contributed by atoms with Gasteiger partial charge in [-0.1, -0.05) is 48.2 Å². The summed E-state index contributed by atoms with van der Waals surface area (Å²) in [5, 5.41) is 5.61. The number of benzene rings is 1. The number of aromatic nitrogens is 2. The van der Waals surface area contributed by atoms with E-state index in [0.29, 0.717) is 21.9 Å². The minimum Gasteiger partial charge on any atom is -0.349 e. The van der Waals surface area contributed by atoms with Crippen LogP contribution in [0.3, 0.4) is 0 Å². The largest absolute Gasteiger partial charge is 0.349 e. The van der Waals surface area contributed by atoms with Crippen LogP contribution in [0.1, 0.15) is 25.5 Å². The van der Waals surface area contributed by atoms with Gasteiger partial charge < -0.3 is 5.32 Å². The van der Waals surface area contributed by atoms with Crippen LogP contribution in [0.25, 0.3) is 10.2 Å². The third-order valence-electron chi connectivity index (χ3n) is 4.17. The molecular weight excluding hydrogens is 378 g/mol. The first kappa shape index (κ1) is 19.4. The van der Waals surface area contributed by atoms with Crippen molar-refractivity contribution in [2.24, 2.45) is 0 Å². The minimum absolute atomic E-state index is 0.0927. The number of hydrogen-bond acceptors (Lipinski definition) is 5. The molecule has 0 aliphatic rings. The first-order valence-corrected chi connectivity index (χ1v) is 10.4. The van der Waals surface area contributed by atoms with E-state index in [1.165, 1.54) is 23.1 Å². The standard InChI is InChI=1S/C20H21N3O2S2/c1-4-11-23-19(25)16-10-12-26-18(16)22-20(23)27-14(3)17(24)21-13(2)15-8-6-5-7-9-15/h4-10,12-14H,1,11H2,2-3H3,(H,21,24). The smallest absolute Gasteiger partial charge is 0.263 e. The lowest BCUT2D eigenvalue weighted by Crippen LogP contribution is -2.33. The molecule has 2 heterocycles. The second-order valence-electron chi connectivity index (χ2n) is 6.14. The second kappa shape index (κ2) is 8.54. The van der Waals surface area contributed by atoms with Gasteiger partial charge in [-0.2, -0.15) is 0 Å². The summed E-state index contributed by atoms with van der Waals surface area (Å²) in [5.74, 6) is -0.0953. The van der Waals surface area contributed by atoms with E-state index < -0.39 is 5.25 Å². The molecule has 7 heteroatoms. The van der Waals surface area contributed by atoms with Gasteiger partial charge in [0.1, 0.15) is 4.83 Å². The predicted molar refractivity (Wildman–Crippen MR) is 112 cm³/mol. The SMILES string of the molecule is C=CCn1c(SC(C)C(=O)NC(C)c2ccccc2)nc2sccc2c1=O. The zero-order chi connectivity index (χ0) is 19.4. The van der Waals surface area contributed by atoms with Gasteiger partial charge >= 0.3 is 0 Å². The van der Waals surface area contributed by atoms with Crippen LogP contribution in [0.15, 0.2) is 64.4 Å². The molecule has 1 aromatic carbocycles. The minimum atomic E-state index is -0.392. The van der Waals surface area contributed by atoms with E-state index in [1.54, 1.807) is 16.7 Å². The van der Waals surface area contributed by atoms with Gasteiger partial charge in [0, 0.05) is 6.54 Å². The Labute approximate surface area is 166 Å². The van der Waals surface area contributed by atoms with Gasteiger partial charge in [-0.05, 0) is 30.9 Å². The second-order valence-corrected chi connectivity index (χ2v) is 8.34. The fraction of sp³-hybridized carbons (Fsp3) is 0.250. The van der Waals surface area contributed by atoms with Crippen molar-refractivity contribution in [3.63, 3.8) is 0 Å². The van der Waals surface area contributed by atoms with E-state index in [2.05, 4.69) is 16.9 Å². The van der Waals surface area contributed by atoms with E-state index in [-0.39, 0.29) is 17.5 Å². The molecule has 2 unspecified atom stereocenters. The fourth-order valence-electron chi connectivity index (χ4n) is 2.68. The molecule has 1 N–H and O–H groups in total. The maximum Gasteiger partial charge on any atom is 0.263 e. The Morgan fingerprint density at radius 1 is 1.33 bits per heavy atom. The number of thiophene rings is 1. The van der Waals surface area contributed by atoms with E-state index >= 15 is 0 Å². The number of rotatable bonds is 7. The maximum absolute atomic E-state index is 12.7. The Bertz CT molecular complexity index is 1010. The molecule has 0 saturated carbocycles. The van der Waals surface area contributed by atoms with Gasteiger partial charge in [-0.3, -0.25) is 14.2 Å². The van der Waals surface area contributed by atoms with Crippen molar-refractivity contribution in [3.05, 3.63) is 70.4 Å². The van der Waals surface area contributed by atoms with Crippen molar-refractivity contribution in [2.75, 3.05) is 0 Å². The van der Waals surface area contributed by atoms with Crippen LogP contribution in [0.5, 0.6) is 0 Å². The average molecular weight is 400 g/mol. The number of hydrogen-bond donors (Lipinski definition) is 1. The van der Waals surface area contributed by atoms with Crippen molar-refractivity contribution in [1.29, 1.82) is 0 Å². The van der Waals surface area contributed by atoms with E-state index in [4.69, 9.17) is 0 Å². The molecule has 1 amide bonds. The third kappa shape index (κ3) is 4.31. The van der Waals surface area contributed by atoms with Gasteiger partial charge in [-0.25, -0.2) is 4.98 Å². The number of amides is 1. The summed E-state index contributed by atoms with van der Waals surface area (Å²) >= 11 is 2.71. The first-order chi connectivity index (χ1) is 13.0. The third-order valence-corrected chi connectivity index (χ3v) is 6.07. The Morgan fingerprint density at radius 3 is 2.78 bits per heavy atom. The van der Waals surface area contributed by atoms with Crippen molar-refractivity contribution in [1.82, 2.24) is 14.9 Å². The molecule has 0 spiro atoms. The molecule has 0 saturated heterocycles. The predicted octanol–water partition coefficient (Wildman–Crippen LogP) is 4.00. The highest BCUT2D eigenvalue weighted by Crippen LogP contribution is 2.25. The quantitative estimate of drug-likeness (QED) is 0.370. The van der Waals surface area contributed by atoms with Crippen LogP contribution in [0, 0.1) is 0 Å². The number of thioether (sulfide) groups is 1. The lowest BCUT2D eigenvalue weighted by molar-refractivity contribution is -0.120. The number of carbonyl (C=O) groups excluding carboxylic acids is 1. The highest BCUT2D eigenvalue weighted by Gasteiger charge is 2.21.